The minimum atomic E-state index is 0.0682. The molecule has 1 saturated heterocycles. The second kappa shape index (κ2) is 5.34. The fourth-order valence-electron chi connectivity index (χ4n) is 2.60. The Morgan fingerprint density at radius 3 is 2.68 bits per heavy atom. The van der Waals surface area contributed by atoms with Crippen LogP contribution in [0.5, 0.6) is 0 Å². The van der Waals surface area contributed by atoms with Crippen molar-refractivity contribution in [1.82, 2.24) is 14.9 Å². The molecule has 0 radical (unpaired) electrons. The summed E-state index contributed by atoms with van der Waals surface area (Å²) in [5.41, 5.74) is 1.38. The minimum Gasteiger partial charge on any atom is -0.339 e. The largest absolute Gasteiger partial charge is 0.339 e. The minimum absolute atomic E-state index is 0.0682. The molecule has 0 saturated carbocycles. The molecule has 1 fully saturated rings. The molecule has 0 N–H and O–H groups in total. The van der Waals surface area contributed by atoms with Crippen LogP contribution in [0.3, 0.4) is 0 Å². The van der Waals surface area contributed by atoms with Crippen LogP contribution in [0.25, 0.3) is 10.9 Å². The van der Waals surface area contributed by atoms with E-state index in [0.29, 0.717) is 5.56 Å². The Morgan fingerprint density at radius 1 is 1.11 bits per heavy atom. The molecule has 2 aromatic heterocycles. The molecular weight excluding hydrogens is 238 g/mol. The highest BCUT2D eigenvalue weighted by molar-refractivity contribution is 6.04. The van der Waals surface area contributed by atoms with Crippen molar-refractivity contribution >= 4 is 16.8 Å². The molecule has 3 heterocycles. The first-order valence-electron chi connectivity index (χ1n) is 6.84. The SMILES string of the molecule is O=C(c1cncc2cccnc12)N1CCCCCC1. The van der Waals surface area contributed by atoms with Crippen LogP contribution in [-0.2, 0) is 0 Å². The molecule has 0 aromatic carbocycles. The van der Waals surface area contributed by atoms with E-state index in [9.17, 15) is 4.79 Å². The lowest BCUT2D eigenvalue weighted by atomic mass is 10.1. The van der Waals surface area contributed by atoms with E-state index < -0.39 is 0 Å². The maximum atomic E-state index is 12.6. The lowest BCUT2D eigenvalue weighted by Gasteiger charge is -2.20. The van der Waals surface area contributed by atoms with Crippen molar-refractivity contribution in [1.29, 1.82) is 0 Å². The van der Waals surface area contributed by atoms with Gasteiger partial charge in [0.2, 0.25) is 0 Å². The van der Waals surface area contributed by atoms with E-state index in [2.05, 4.69) is 9.97 Å². The van der Waals surface area contributed by atoms with Gasteiger partial charge in [0.05, 0.1) is 11.1 Å². The third-order valence-electron chi connectivity index (χ3n) is 3.63. The Balaban J connectivity index is 1.96. The van der Waals surface area contributed by atoms with Gasteiger partial charge in [-0.3, -0.25) is 14.8 Å². The van der Waals surface area contributed by atoms with Gasteiger partial charge in [-0.15, -0.1) is 0 Å². The highest BCUT2D eigenvalue weighted by Gasteiger charge is 2.19. The maximum Gasteiger partial charge on any atom is 0.257 e. The van der Waals surface area contributed by atoms with E-state index in [4.69, 9.17) is 0 Å². The zero-order valence-electron chi connectivity index (χ0n) is 10.9. The number of hydrogen-bond donors (Lipinski definition) is 0. The third-order valence-corrected chi connectivity index (χ3v) is 3.63. The van der Waals surface area contributed by atoms with Crippen LogP contribution in [0.1, 0.15) is 36.0 Å². The average molecular weight is 255 g/mol. The molecule has 1 aliphatic rings. The molecule has 1 aliphatic heterocycles. The van der Waals surface area contributed by atoms with Gasteiger partial charge in [-0.2, -0.15) is 0 Å². The van der Waals surface area contributed by atoms with Gasteiger partial charge in [0.15, 0.2) is 0 Å². The Kier molecular flexibility index (Phi) is 3.40. The third kappa shape index (κ3) is 2.43. The predicted molar refractivity (Wildman–Crippen MR) is 73.9 cm³/mol. The summed E-state index contributed by atoms with van der Waals surface area (Å²) in [4.78, 5) is 23.1. The molecule has 19 heavy (non-hydrogen) atoms. The number of nitrogens with zero attached hydrogens (tertiary/aromatic N) is 3. The van der Waals surface area contributed by atoms with E-state index in [1.807, 2.05) is 17.0 Å². The zero-order valence-corrected chi connectivity index (χ0v) is 10.9. The fraction of sp³-hybridized carbons (Fsp3) is 0.400. The zero-order chi connectivity index (χ0) is 13.1. The van der Waals surface area contributed by atoms with E-state index in [-0.39, 0.29) is 5.91 Å². The van der Waals surface area contributed by atoms with Crippen molar-refractivity contribution < 1.29 is 4.79 Å². The number of hydrogen-bond acceptors (Lipinski definition) is 3. The van der Waals surface area contributed by atoms with Gasteiger partial charge in [0, 0.05) is 37.1 Å². The number of fused-ring (bicyclic) bond motifs is 1. The normalized spacial score (nSPS) is 16.3. The molecule has 1 amide bonds. The summed E-state index contributed by atoms with van der Waals surface area (Å²) in [7, 11) is 0. The maximum absolute atomic E-state index is 12.6. The number of pyridine rings is 2. The van der Waals surface area contributed by atoms with E-state index >= 15 is 0 Å². The Labute approximate surface area is 112 Å². The van der Waals surface area contributed by atoms with Gasteiger partial charge in [0.25, 0.3) is 5.91 Å². The number of rotatable bonds is 1. The summed E-state index contributed by atoms with van der Waals surface area (Å²) in [5.74, 6) is 0.0682. The van der Waals surface area contributed by atoms with Crippen molar-refractivity contribution in [2.45, 2.75) is 25.7 Å². The van der Waals surface area contributed by atoms with E-state index in [1.54, 1.807) is 18.6 Å². The lowest BCUT2D eigenvalue weighted by molar-refractivity contribution is 0.0763. The Morgan fingerprint density at radius 2 is 1.89 bits per heavy atom. The van der Waals surface area contributed by atoms with Crippen molar-refractivity contribution in [2.75, 3.05) is 13.1 Å². The summed E-state index contributed by atoms with van der Waals surface area (Å²) >= 11 is 0. The number of carbonyl (C=O) groups excluding carboxylic acids is 1. The topological polar surface area (TPSA) is 46.1 Å². The van der Waals surface area contributed by atoms with Crippen molar-refractivity contribution in [3.63, 3.8) is 0 Å². The fourth-order valence-corrected chi connectivity index (χ4v) is 2.60. The first-order chi connectivity index (χ1) is 9.36. The summed E-state index contributed by atoms with van der Waals surface area (Å²) in [6.07, 6.45) is 9.74. The molecule has 3 rings (SSSR count). The smallest absolute Gasteiger partial charge is 0.257 e. The molecule has 0 aliphatic carbocycles. The van der Waals surface area contributed by atoms with Crippen LogP contribution in [-0.4, -0.2) is 33.9 Å². The van der Waals surface area contributed by atoms with Crippen LogP contribution in [0.2, 0.25) is 0 Å². The molecule has 0 atom stereocenters. The summed E-state index contributed by atoms with van der Waals surface area (Å²) in [6.45, 7) is 1.70. The molecule has 0 unspecified atom stereocenters. The summed E-state index contributed by atoms with van der Waals surface area (Å²) in [5, 5.41) is 0.920. The van der Waals surface area contributed by atoms with Gasteiger partial charge < -0.3 is 4.90 Å². The number of aromatic nitrogens is 2. The summed E-state index contributed by atoms with van der Waals surface area (Å²) in [6, 6.07) is 3.80. The van der Waals surface area contributed by atoms with E-state index in [0.717, 1.165) is 36.8 Å². The number of amides is 1. The molecule has 98 valence electrons. The second-order valence-electron chi connectivity index (χ2n) is 4.97. The second-order valence-corrected chi connectivity index (χ2v) is 4.97. The molecular formula is C15H17N3O. The van der Waals surface area contributed by atoms with Crippen LogP contribution in [0.4, 0.5) is 0 Å². The highest BCUT2D eigenvalue weighted by Crippen LogP contribution is 2.18. The summed E-state index contributed by atoms with van der Waals surface area (Å²) < 4.78 is 0. The van der Waals surface area contributed by atoms with E-state index in [1.165, 1.54) is 12.8 Å². The standard InChI is InChI=1S/C15H17N3O/c19-15(18-8-3-1-2-4-9-18)13-11-16-10-12-6-5-7-17-14(12)13/h5-7,10-11H,1-4,8-9H2. The average Bonchev–Trinajstić information content (AvgIpc) is 2.75. The van der Waals surface area contributed by atoms with Gasteiger partial charge in [-0.05, 0) is 25.0 Å². The Bertz CT molecular complexity index is 583. The lowest BCUT2D eigenvalue weighted by Crippen LogP contribution is -2.32. The molecule has 4 nitrogen and oxygen atoms in total. The van der Waals surface area contributed by atoms with Crippen LogP contribution >= 0.6 is 0 Å². The predicted octanol–water partition coefficient (Wildman–Crippen LogP) is 2.65. The van der Waals surface area contributed by atoms with Gasteiger partial charge in [0.1, 0.15) is 0 Å². The van der Waals surface area contributed by atoms with Crippen molar-refractivity contribution in [3.8, 4) is 0 Å². The van der Waals surface area contributed by atoms with Gasteiger partial charge >= 0.3 is 0 Å². The highest BCUT2D eigenvalue weighted by atomic mass is 16.2. The molecule has 2 aromatic rings. The monoisotopic (exact) mass is 255 g/mol. The van der Waals surface area contributed by atoms with Crippen molar-refractivity contribution in [3.05, 3.63) is 36.3 Å². The molecule has 0 spiro atoms. The Hall–Kier alpha value is -1.97. The quantitative estimate of drug-likeness (QED) is 0.787. The van der Waals surface area contributed by atoms with Crippen LogP contribution in [0.15, 0.2) is 30.7 Å². The molecule has 0 bridgehead atoms. The molecule has 4 heteroatoms. The first-order valence-corrected chi connectivity index (χ1v) is 6.84. The van der Waals surface area contributed by atoms with Gasteiger partial charge in [-0.25, -0.2) is 0 Å². The van der Waals surface area contributed by atoms with Crippen LogP contribution in [0, 0.1) is 0 Å². The first kappa shape index (κ1) is 12.1. The van der Waals surface area contributed by atoms with Crippen LogP contribution < -0.4 is 0 Å². The van der Waals surface area contributed by atoms with Crippen molar-refractivity contribution in [2.24, 2.45) is 0 Å². The number of carbonyl (C=O) groups is 1. The number of likely N-dealkylation sites (tertiary alicyclic amines) is 1. The van der Waals surface area contributed by atoms with Gasteiger partial charge in [-0.1, -0.05) is 12.8 Å².